The number of benzene rings is 2. The Balaban J connectivity index is 1.39. The minimum absolute atomic E-state index is 0.0359. The first-order chi connectivity index (χ1) is 13.6. The van der Waals surface area contributed by atoms with Gasteiger partial charge in [-0.25, -0.2) is 0 Å². The van der Waals surface area contributed by atoms with Crippen molar-refractivity contribution in [2.45, 2.75) is 6.92 Å². The molecule has 142 valence electrons. The van der Waals surface area contributed by atoms with Crippen molar-refractivity contribution in [1.29, 1.82) is 0 Å². The van der Waals surface area contributed by atoms with Crippen LogP contribution in [-0.2, 0) is 0 Å². The third kappa shape index (κ3) is 3.69. The highest BCUT2D eigenvalue weighted by molar-refractivity contribution is 5.94. The Bertz CT molecular complexity index is 969. The zero-order valence-electron chi connectivity index (χ0n) is 15.9. The first-order valence-electron chi connectivity index (χ1n) is 9.51. The van der Waals surface area contributed by atoms with Crippen LogP contribution in [0, 0.1) is 0 Å². The molecule has 0 bridgehead atoms. The van der Waals surface area contributed by atoms with E-state index in [0.717, 1.165) is 35.6 Å². The van der Waals surface area contributed by atoms with Crippen LogP contribution in [0.3, 0.4) is 0 Å². The molecule has 5 heteroatoms. The molecule has 1 fully saturated rings. The van der Waals surface area contributed by atoms with Gasteiger partial charge >= 0.3 is 0 Å². The van der Waals surface area contributed by atoms with Crippen LogP contribution in [0.5, 0.6) is 0 Å². The van der Waals surface area contributed by atoms with E-state index in [-0.39, 0.29) is 11.7 Å². The molecule has 0 saturated carbocycles. The normalized spacial score (nSPS) is 14.2. The van der Waals surface area contributed by atoms with Gasteiger partial charge in [0.25, 0.3) is 5.91 Å². The molecule has 5 nitrogen and oxygen atoms in total. The minimum Gasteiger partial charge on any atom is -0.368 e. The third-order valence-corrected chi connectivity index (χ3v) is 5.21. The number of H-pyrrole nitrogens is 1. The van der Waals surface area contributed by atoms with Crippen molar-refractivity contribution in [2.24, 2.45) is 0 Å². The average molecular weight is 373 g/mol. The lowest BCUT2D eigenvalue weighted by molar-refractivity contribution is 0.0741. The summed E-state index contributed by atoms with van der Waals surface area (Å²) in [6.45, 7) is 4.47. The number of nitrogens with one attached hydrogen (secondary N) is 1. The number of aromatic nitrogens is 1. The van der Waals surface area contributed by atoms with Crippen LogP contribution in [0.2, 0.25) is 0 Å². The molecule has 0 atom stereocenters. The number of piperazine rings is 1. The van der Waals surface area contributed by atoms with E-state index in [1.54, 1.807) is 6.92 Å². The van der Waals surface area contributed by atoms with Crippen LogP contribution < -0.4 is 4.90 Å². The summed E-state index contributed by atoms with van der Waals surface area (Å²) in [6.07, 6.45) is 0. The predicted octanol–water partition coefficient (Wildman–Crippen LogP) is 3.85. The lowest BCUT2D eigenvalue weighted by Crippen LogP contribution is -2.48. The van der Waals surface area contributed by atoms with Crippen LogP contribution in [0.15, 0.2) is 66.7 Å². The quantitative estimate of drug-likeness (QED) is 0.707. The molecule has 0 radical (unpaired) electrons. The topological polar surface area (TPSA) is 56.4 Å². The summed E-state index contributed by atoms with van der Waals surface area (Å²) >= 11 is 0. The largest absolute Gasteiger partial charge is 0.368 e. The van der Waals surface area contributed by atoms with Gasteiger partial charge in [0.15, 0.2) is 5.78 Å². The third-order valence-electron chi connectivity index (χ3n) is 5.21. The summed E-state index contributed by atoms with van der Waals surface area (Å²) in [5, 5.41) is 0. The summed E-state index contributed by atoms with van der Waals surface area (Å²) in [5.74, 6) is 0.108. The second kappa shape index (κ2) is 7.72. The van der Waals surface area contributed by atoms with Crippen molar-refractivity contribution in [2.75, 3.05) is 31.1 Å². The summed E-state index contributed by atoms with van der Waals surface area (Å²) in [5.41, 5.74) is 4.45. The molecular weight excluding hydrogens is 350 g/mol. The number of hydrogen-bond donors (Lipinski definition) is 1. The van der Waals surface area contributed by atoms with Gasteiger partial charge in [-0.15, -0.1) is 0 Å². The highest BCUT2D eigenvalue weighted by Gasteiger charge is 2.23. The van der Waals surface area contributed by atoms with E-state index < -0.39 is 0 Å². The monoisotopic (exact) mass is 373 g/mol. The van der Waals surface area contributed by atoms with Crippen LogP contribution >= 0.6 is 0 Å². The fourth-order valence-corrected chi connectivity index (χ4v) is 3.55. The Hall–Kier alpha value is -3.34. The van der Waals surface area contributed by atoms with E-state index >= 15 is 0 Å². The number of carbonyl (C=O) groups excluding carboxylic acids is 2. The molecule has 0 aliphatic carbocycles. The minimum atomic E-state index is 0.0359. The number of rotatable bonds is 4. The van der Waals surface area contributed by atoms with E-state index in [9.17, 15) is 9.59 Å². The average Bonchev–Trinajstić information content (AvgIpc) is 3.24. The second-order valence-corrected chi connectivity index (χ2v) is 7.03. The summed E-state index contributed by atoms with van der Waals surface area (Å²) < 4.78 is 0. The van der Waals surface area contributed by atoms with E-state index in [4.69, 9.17) is 0 Å². The van der Waals surface area contributed by atoms with Crippen molar-refractivity contribution in [3.05, 3.63) is 78.0 Å². The van der Waals surface area contributed by atoms with E-state index in [2.05, 4.69) is 9.88 Å². The van der Waals surface area contributed by atoms with Gasteiger partial charge in [0.2, 0.25) is 0 Å². The molecule has 3 aromatic rings. The molecule has 0 unspecified atom stereocenters. The van der Waals surface area contributed by atoms with Gasteiger partial charge in [0.05, 0.1) is 0 Å². The van der Waals surface area contributed by atoms with Gasteiger partial charge in [0.1, 0.15) is 5.69 Å². The maximum atomic E-state index is 12.8. The van der Waals surface area contributed by atoms with Gasteiger partial charge in [-0.3, -0.25) is 9.59 Å². The number of anilines is 1. The molecule has 1 aromatic heterocycles. The lowest BCUT2D eigenvalue weighted by Gasteiger charge is -2.36. The SMILES string of the molecule is CC(=O)c1ccc(N2CCN(C(=O)c3ccc(-c4ccccc4)[nH]3)CC2)cc1. The maximum absolute atomic E-state index is 12.8. The number of hydrogen-bond acceptors (Lipinski definition) is 3. The van der Waals surface area contributed by atoms with Crippen molar-refractivity contribution < 1.29 is 9.59 Å². The van der Waals surface area contributed by atoms with Gasteiger partial charge in [-0.05, 0) is 48.9 Å². The van der Waals surface area contributed by atoms with Crippen LogP contribution in [0.25, 0.3) is 11.3 Å². The Morgan fingerprint density at radius 2 is 1.50 bits per heavy atom. The maximum Gasteiger partial charge on any atom is 0.270 e. The fraction of sp³-hybridized carbons (Fsp3) is 0.217. The van der Waals surface area contributed by atoms with E-state index in [1.807, 2.05) is 71.6 Å². The molecule has 0 spiro atoms. The second-order valence-electron chi connectivity index (χ2n) is 7.03. The zero-order valence-corrected chi connectivity index (χ0v) is 15.9. The number of aromatic amines is 1. The standard InChI is InChI=1S/C23H23N3O2/c1-17(27)18-7-9-20(10-8-18)25-13-15-26(16-14-25)23(28)22-12-11-21(24-22)19-5-3-2-4-6-19/h2-12,24H,13-16H2,1H3. The van der Waals surface area contributed by atoms with Crippen LogP contribution in [0.4, 0.5) is 5.69 Å². The van der Waals surface area contributed by atoms with Crippen molar-refractivity contribution in [1.82, 2.24) is 9.88 Å². The lowest BCUT2D eigenvalue weighted by atomic mass is 10.1. The van der Waals surface area contributed by atoms with Gasteiger partial charge in [-0.1, -0.05) is 30.3 Å². The molecule has 1 N–H and O–H groups in total. The summed E-state index contributed by atoms with van der Waals surface area (Å²) in [4.78, 5) is 31.7. The molecule has 1 amide bonds. The Kier molecular flexibility index (Phi) is 4.98. The Labute approximate surface area is 164 Å². The molecule has 1 saturated heterocycles. The molecule has 1 aliphatic heterocycles. The Morgan fingerprint density at radius 3 is 2.14 bits per heavy atom. The Morgan fingerprint density at radius 1 is 0.821 bits per heavy atom. The molecule has 2 heterocycles. The molecular formula is C23H23N3O2. The number of amides is 1. The number of ketones is 1. The van der Waals surface area contributed by atoms with E-state index in [0.29, 0.717) is 18.8 Å². The smallest absolute Gasteiger partial charge is 0.270 e. The molecule has 1 aliphatic rings. The molecule has 28 heavy (non-hydrogen) atoms. The zero-order chi connectivity index (χ0) is 19.5. The highest BCUT2D eigenvalue weighted by Crippen LogP contribution is 2.21. The van der Waals surface area contributed by atoms with Crippen molar-refractivity contribution in [3.8, 4) is 11.3 Å². The van der Waals surface area contributed by atoms with Gasteiger partial charge in [-0.2, -0.15) is 0 Å². The number of Topliss-reactive ketones (excluding diaryl/α,β-unsaturated/α-hetero) is 1. The fourth-order valence-electron chi connectivity index (χ4n) is 3.55. The molecule has 2 aromatic carbocycles. The van der Waals surface area contributed by atoms with E-state index in [1.165, 1.54) is 0 Å². The van der Waals surface area contributed by atoms with Gasteiger partial charge < -0.3 is 14.8 Å². The van der Waals surface area contributed by atoms with Gasteiger partial charge in [0, 0.05) is 43.1 Å². The first-order valence-corrected chi connectivity index (χ1v) is 9.51. The summed E-state index contributed by atoms with van der Waals surface area (Å²) in [7, 11) is 0. The number of carbonyl (C=O) groups is 2. The van der Waals surface area contributed by atoms with Crippen molar-refractivity contribution >= 4 is 17.4 Å². The van der Waals surface area contributed by atoms with Crippen molar-refractivity contribution in [3.63, 3.8) is 0 Å². The first kappa shape index (κ1) is 18.0. The predicted molar refractivity (Wildman–Crippen MR) is 111 cm³/mol. The number of nitrogens with zero attached hydrogens (tertiary/aromatic N) is 2. The highest BCUT2D eigenvalue weighted by atomic mass is 16.2. The van der Waals surface area contributed by atoms with Crippen LogP contribution in [0.1, 0.15) is 27.8 Å². The summed E-state index contributed by atoms with van der Waals surface area (Å²) in [6, 6.07) is 21.5. The molecule has 4 rings (SSSR count). The van der Waals surface area contributed by atoms with Crippen LogP contribution in [-0.4, -0.2) is 47.8 Å².